The molecule has 2 aromatic heterocycles. The van der Waals surface area contributed by atoms with Gasteiger partial charge in [0.2, 0.25) is 0 Å². The molecule has 0 amide bonds. The second-order valence-corrected chi connectivity index (χ2v) is 4.48. The molecule has 0 fully saturated rings. The van der Waals surface area contributed by atoms with Crippen LogP contribution in [0.3, 0.4) is 0 Å². The molecule has 0 radical (unpaired) electrons. The van der Waals surface area contributed by atoms with Crippen LogP contribution in [0.25, 0.3) is 11.0 Å². The lowest BCUT2D eigenvalue weighted by Crippen LogP contribution is -2.19. The molecule has 0 spiro atoms. The van der Waals surface area contributed by atoms with Gasteiger partial charge in [0.1, 0.15) is 0 Å². The van der Waals surface area contributed by atoms with E-state index in [1.54, 1.807) is 6.20 Å². The van der Waals surface area contributed by atoms with E-state index >= 15 is 0 Å². The van der Waals surface area contributed by atoms with Crippen LogP contribution in [0.15, 0.2) is 12.3 Å². The fourth-order valence-corrected chi connectivity index (χ4v) is 2.09. The molecule has 3 heterocycles. The van der Waals surface area contributed by atoms with E-state index in [4.69, 9.17) is 4.74 Å². The number of carbonyl (C=O) groups excluding carboxylic acids is 1. The maximum absolute atomic E-state index is 11.6. The summed E-state index contributed by atoms with van der Waals surface area (Å²) in [7, 11) is 0. The number of cyclic esters (lactones) is 1. The monoisotopic (exact) mass is 231 g/mol. The lowest BCUT2D eigenvalue weighted by atomic mass is 10.1. The minimum Gasteiger partial charge on any atom is -0.461 e. The molecule has 0 bridgehead atoms. The molecule has 0 saturated heterocycles. The Hall–Kier alpha value is -1.91. The van der Waals surface area contributed by atoms with E-state index in [1.165, 1.54) is 0 Å². The van der Waals surface area contributed by atoms with Gasteiger partial charge < -0.3 is 4.74 Å². The number of aromatic nitrogens is 3. The number of carbonyl (C=O) groups is 1. The van der Waals surface area contributed by atoms with Gasteiger partial charge in [-0.05, 0) is 25.5 Å². The van der Waals surface area contributed by atoms with Gasteiger partial charge in [-0.25, -0.2) is 14.5 Å². The molecule has 17 heavy (non-hydrogen) atoms. The molecule has 0 aliphatic carbocycles. The second-order valence-electron chi connectivity index (χ2n) is 4.48. The number of esters is 1. The first-order chi connectivity index (χ1) is 8.16. The average Bonchev–Trinajstić information content (AvgIpc) is 2.70. The van der Waals surface area contributed by atoms with Gasteiger partial charge in [0, 0.05) is 17.8 Å². The first-order valence-corrected chi connectivity index (χ1v) is 5.71. The third-order valence-corrected chi connectivity index (χ3v) is 2.94. The van der Waals surface area contributed by atoms with Crippen molar-refractivity contribution in [3.05, 3.63) is 23.5 Å². The summed E-state index contributed by atoms with van der Waals surface area (Å²) in [5.74, 6) is -0.329. The van der Waals surface area contributed by atoms with Gasteiger partial charge in [-0.2, -0.15) is 5.10 Å². The average molecular weight is 231 g/mol. The Balaban J connectivity index is 2.27. The van der Waals surface area contributed by atoms with Crippen LogP contribution in [0.4, 0.5) is 0 Å². The number of hydrogen-bond donors (Lipinski definition) is 0. The largest absolute Gasteiger partial charge is 0.461 e. The van der Waals surface area contributed by atoms with Crippen LogP contribution in [0.5, 0.6) is 0 Å². The van der Waals surface area contributed by atoms with Crippen molar-refractivity contribution in [1.29, 1.82) is 0 Å². The topological polar surface area (TPSA) is 57.0 Å². The highest BCUT2D eigenvalue weighted by Gasteiger charge is 2.22. The van der Waals surface area contributed by atoms with Crippen LogP contribution < -0.4 is 0 Å². The number of ether oxygens (including phenoxy) is 1. The molecular weight excluding hydrogens is 218 g/mol. The van der Waals surface area contributed by atoms with Crippen molar-refractivity contribution >= 4 is 17.0 Å². The summed E-state index contributed by atoms with van der Waals surface area (Å²) in [6.07, 6.45) is 2.53. The van der Waals surface area contributed by atoms with E-state index in [1.807, 2.05) is 24.6 Å². The first kappa shape index (κ1) is 10.3. The van der Waals surface area contributed by atoms with Crippen LogP contribution in [0.1, 0.15) is 35.9 Å². The Bertz CT molecular complexity index is 601. The Morgan fingerprint density at radius 1 is 1.47 bits per heavy atom. The summed E-state index contributed by atoms with van der Waals surface area (Å²) in [5, 5.41) is 5.27. The van der Waals surface area contributed by atoms with Gasteiger partial charge >= 0.3 is 5.97 Å². The van der Waals surface area contributed by atoms with Crippen molar-refractivity contribution in [2.45, 2.75) is 26.3 Å². The molecule has 1 aliphatic heterocycles. The molecule has 1 aliphatic rings. The van der Waals surface area contributed by atoms with Crippen molar-refractivity contribution in [3.8, 4) is 0 Å². The van der Waals surface area contributed by atoms with Gasteiger partial charge in [0.25, 0.3) is 0 Å². The lowest BCUT2D eigenvalue weighted by molar-refractivity contribution is 0.0472. The summed E-state index contributed by atoms with van der Waals surface area (Å²) < 4.78 is 6.82. The Morgan fingerprint density at radius 2 is 2.29 bits per heavy atom. The fourth-order valence-electron chi connectivity index (χ4n) is 2.09. The molecule has 2 aromatic rings. The highest BCUT2D eigenvalue weighted by atomic mass is 16.5. The molecule has 0 unspecified atom stereocenters. The Kier molecular flexibility index (Phi) is 2.14. The number of hydrogen-bond acceptors (Lipinski definition) is 4. The second kappa shape index (κ2) is 3.55. The minimum absolute atomic E-state index is 0.220. The first-order valence-electron chi connectivity index (χ1n) is 5.71. The van der Waals surface area contributed by atoms with Crippen molar-refractivity contribution in [3.63, 3.8) is 0 Å². The third kappa shape index (κ3) is 1.50. The van der Waals surface area contributed by atoms with Crippen LogP contribution >= 0.6 is 0 Å². The third-order valence-electron chi connectivity index (χ3n) is 2.94. The van der Waals surface area contributed by atoms with Crippen molar-refractivity contribution < 1.29 is 9.53 Å². The zero-order valence-electron chi connectivity index (χ0n) is 9.80. The minimum atomic E-state index is -0.329. The van der Waals surface area contributed by atoms with Gasteiger partial charge in [-0.15, -0.1) is 0 Å². The predicted octanol–water partition coefficient (Wildman–Crippen LogP) is 1.73. The van der Waals surface area contributed by atoms with Crippen LogP contribution in [0, 0.1) is 0 Å². The van der Waals surface area contributed by atoms with E-state index < -0.39 is 0 Å². The van der Waals surface area contributed by atoms with Crippen molar-refractivity contribution in [1.82, 2.24) is 14.8 Å². The van der Waals surface area contributed by atoms with Crippen molar-refractivity contribution in [2.75, 3.05) is 6.61 Å². The van der Waals surface area contributed by atoms with E-state index in [0.717, 1.165) is 23.0 Å². The van der Waals surface area contributed by atoms with Crippen molar-refractivity contribution in [2.24, 2.45) is 0 Å². The molecule has 0 saturated carbocycles. The molecule has 0 aromatic carbocycles. The fraction of sp³-hybridized carbons (Fsp3) is 0.417. The van der Waals surface area contributed by atoms with E-state index in [0.29, 0.717) is 12.3 Å². The zero-order valence-corrected chi connectivity index (χ0v) is 9.80. The number of rotatable bonds is 1. The molecule has 5 heteroatoms. The van der Waals surface area contributed by atoms with Crippen LogP contribution in [-0.4, -0.2) is 27.3 Å². The SMILES string of the molecule is CC(C)n1ncc2cc3c(nc21)C(=O)OCC3. The summed E-state index contributed by atoms with van der Waals surface area (Å²) in [4.78, 5) is 16.0. The van der Waals surface area contributed by atoms with Crippen LogP contribution in [0.2, 0.25) is 0 Å². The van der Waals surface area contributed by atoms with E-state index in [-0.39, 0.29) is 12.0 Å². The molecule has 3 rings (SSSR count). The molecule has 0 atom stereocenters. The van der Waals surface area contributed by atoms with E-state index in [9.17, 15) is 4.79 Å². The van der Waals surface area contributed by atoms with E-state index in [2.05, 4.69) is 10.1 Å². The molecular formula is C12H13N3O2. The highest BCUT2D eigenvalue weighted by Crippen LogP contribution is 2.22. The standard InChI is InChI=1S/C12H13N3O2/c1-7(2)15-11-9(6-13-15)5-8-3-4-17-12(16)10(8)14-11/h5-7H,3-4H2,1-2H3. The number of pyridine rings is 1. The molecule has 88 valence electrons. The summed E-state index contributed by atoms with van der Waals surface area (Å²) in [6, 6.07) is 2.21. The normalized spacial score (nSPS) is 15.1. The number of fused-ring (bicyclic) bond motifs is 2. The maximum Gasteiger partial charge on any atom is 0.357 e. The van der Waals surface area contributed by atoms with Crippen LogP contribution in [-0.2, 0) is 11.2 Å². The number of nitrogens with zero attached hydrogens (tertiary/aromatic N) is 3. The van der Waals surface area contributed by atoms with Gasteiger partial charge in [0.05, 0.1) is 12.8 Å². The zero-order chi connectivity index (χ0) is 12.0. The maximum atomic E-state index is 11.6. The predicted molar refractivity (Wildman–Crippen MR) is 61.9 cm³/mol. The lowest BCUT2D eigenvalue weighted by Gasteiger charge is -2.15. The quantitative estimate of drug-likeness (QED) is 0.701. The summed E-state index contributed by atoms with van der Waals surface area (Å²) in [5.41, 5.74) is 2.14. The Labute approximate surface area is 98.4 Å². The Morgan fingerprint density at radius 3 is 3.06 bits per heavy atom. The summed E-state index contributed by atoms with van der Waals surface area (Å²) >= 11 is 0. The molecule has 5 nitrogen and oxygen atoms in total. The van der Waals surface area contributed by atoms with Gasteiger partial charge in [-0.1, -0.05) is 0 Å². The van der Waals surface area contributed by atoms with Gasteiger partial charge in [-0.3, -0.25) is 0 Å². The smallest absolute Gasteiger partial charge is 0.357 e. The summed E-state index contributed by atoms with van der Waals surface area (Å²) in [6.45, 7) is 4.51. The van der Waals surface area contributed by atoms with Gasteiger partial charge in [0.15, 0.2) is 11.3 Å². The molecule has 0 N–H and O–H groups in total. The highest BCUT2D eigenvalue weighted by molar-refractivity contribution is 5.93.